The number of primary sulfonamides is 1. The molecule has 2 unspecified atom stereocenters. The first-order valence-electron chi connectivity index (χ1n) is 5.91. The van der Waals surface area contributed by atoms with Gasteiger partial charge in [0.05, 0.1) is 5.75 Å². The summed E-state index contributed by atoms with van der Waals surface area (Å²) >= 11 is 1.98. The van der Waals surface area contributed by atoms with Crippen molar-refractivity contribution in [2.45, 2.75) is 30.4 Å². The monoisotopic (exact) mass is 286 g/mol. The Morgan fingerprint density at radius 1 is 1.39 bits per heavy atom. The fourth-order valence-corrected chi connectivity index (χ4v) is 3.92. The highest BCUT2D eigenvalue weighted by Gasteiger charge is 2.23. The van der Waals surface area contributed by atoms with Crippen LogP contribution >= 0.6 is 11.8 Å². The summed E-state index contributed by atoms with van der Waals surface area (Å²) in [5.74, 6) is 1.09. The molecule has 1 aliphatic heterocycles. The minimum absolute atomic E-state index is 0.108. The maximum atomic E-state index is 11.0. The van der Waals surface area contributed by atoms with E-state index in [1.165, 1.54) is 12.2 Å². The minimum Gasteiger partial charge on any atom is -0.381 e. The molecule has 2 atom stereocenters. The number of hydrogen-bond acceptors (Lipinski definition) is 4. The molecule has 0 aliphatic carbocycles. The summed E-state index contributed by atoms with van der Waals surface area (Å²) in [6.07, 6.45) is 1.17. The largest absolute Gasteiger partial charge is 0.381 e. The number of thioether (sulfide) groups is 1. The van der Waals surface area contributed by atoms with E-state index in [0.29, 0.717) is 11.3 Å². The summed E-state index contributed by atoms with van der Waals surface area (Å²) in [7, 11) is -3.44. The van der Waals surface area contributed by atoms with Gasteiger partial charge in [-0.3, -0.25) is 0 Å². The molecule has 0 aromatic heterocycles. The molecule has 0 amide bonds. The highest BCUT2D eigenvalue weighted by molar-refractivity contribution is 8.00. The Kier molecular flexibility index (Phi) is 4.19. The van der Waals surface area contributed by atoms with Gasteiger partial charge in [-0.1, -0.05) is 19.1 Å². The van der Waals surface area contributed by atoms with Gasteiger partial charge in [-0.15, -0.1) is 0 Å². The van der Waals surface area contributed by atoms with Crippen LogP contribution < -0.4 is 10.5 Å². The zero-order valence-electron chi connectivity index (χ0n) is 10.3. The van der Waals surface area contributed by atoms with Crippen molar-refractivity contribution in [3.05, 3.63) is 29.8 Å². The van der Waals surface area contributed by atoms with Gasteiger partial charge >= 0.3 is 0 Å². The maximum Gasteiger partial charge on any atom is 0.213 e. The third-order valence-corrected chi connectivity index (χ3v) is 5.11. The van der Waals surface area contributed by atoms with Gasteiger partial charge in [-0.25, -0.2) is 13.6 Å². The van der Waals surface area contributed by atoms with Crippen molar-refractivity contribution in [3.63, 3.8) is 0 Å². The number of hydrogen-bond donors (Lipinski definition) is 2. The second kappa shape index (κ2) is 5.50. The molecule has 18 heavy (non-hydrogen) atoms. The van der Waals surface area contributed by atoms with Crippen molar-refractivity contribution in [2.75, 3.05) is 11.1 Å². The lowest BCUT2D eigenvalue weighted by Gasteiger charge is -2.18. The average Bonchev–Trinajstić information content (AvgIpc) is 2.65. The van der Waals surface area contributed by atoms with Crippen LogP contribution in [0, 0.1) is 0 Å². The summed E-state index contributed by atoms with van der Waals surface area (Å²) < 4.78 is 21.9. The number of sulfonamides is 1. The zero-order chi connectivity index (χ0) is 13.2. The van der Waals surface area contributed by atoms with Crippen LogP contribution in [0.4, 0.5) is 5.69 Å². The second-order valence-electron chi connectivity index (χ2n) is 4.62. The number of nitrogens with one attached hydrogen (secondary N) is 1. The fourth-order valence-electron chi connectivity index (χ4n) is 2.06. The standard InChI is InChI=1S/C12H18N2O2S2/c1-9-12(6-7-17-9)14-11-4-2-10(3-5-11)8-18(13,15)16/h2-5,9,12,14H,6-8H2,1H3,(H2,13,15,16). The lowest BCUT2D eigenvalue weighted by Crippen LogP contribution is -2.24. The summed E-state index contributed by atoms with van der Waals surface area (Å²) in [6, 6.07) is 7.94. The maximum absolute atomic E-state index is 11.0. The smallest absolute Gasteiger partial charge is 0.213 e. The molecular formula is C12H18N2O2S2. The van der Waals surface area contributed by atoms with Gasteiger partial charge in [-0.2, -0.15) is 11.8 Å². The molecule has 0 saturated carbocycles. The molecule has 3 N–H and O–H groups in total. The van der Waals surface area contributed by atoms with E-state index < -0.39 is 10.0 Å². The van der Waals surface area contributed by atoms with Gasteiger partial charge in [-0.05, 0) is 29.9 Å². The Morgan fingerprint density at radius 2 is 2.06 bits per heavy atom. The summed E-state index contributed by atoms with van der Waals surface area (Å²) in [5, 5.41) is 9.11. The van der Waals surface area contributed by atoms with Crippen LogP contribution in [0.25, 0.3) is 0 Å². The van der Waals surface area contributed by atoms with E-state index in [1.807, 2.05) is 23.9 Å². The molecule has 4 nitrogen and oxygen atoms in total. The van der Waals surface area contributed by atoms with E-state index in [1.54, 1.807) is 12.1 Å². The van der Waals surface area contributed by atoms with Crippen molar-refractivity contribution < 1.29 is 8.42 Å². The van der Waals surface area contributed by atoms with Gasteiger partial charge < -0.3 is 5.32 Å². The highest BCUT2D eigenvalue weighted by atomic mass is 32.2. The van der Waals surface area contributed by atoms with Crippen LogP contribution in [0.15, 0.2) is 24.3 Å². The third-order valence-electron chi connectivity index (χ3n) is 3.05. The normalized spacial score (nSPS) is 24.1. The van der Waals surface area contributed by atoms with Crippen molar-refractivity contribution >= 4 is 27.5 Å². The second-order valence-corrected chi connectivity index (χ2v) is 7.72. The number of rotatable bonds is 4. The fraction of sp³-hybridized carbons (Fsp3) is 0.500. The van der Waals surface area contributed by atoms with Gasteiger partial charge in [0, 0.05) is 17.0 Å². The highest BCUT2D eigenvalue weighted by Crippen LogP contribution is 2.28. The molecule has 0 spiro atoms. The number of anilines is 1. The van der Waals surface area contributed by atoms with E-state index in [4.69, 9.17) is 5.14 Å². The van der Waals surface area contributed by atoms with Crippen LogP contribution in [-0.2, 0) is 15.8 Å². The lowest BCUT2D eigenvalue weighted by molar-refractivity contribution is 0.597. The van der Waals surface area contributed by atoms with Crippen LogP contribution in [0.1, 0.15) is 18.9 Å². The summed E-state index contributed by atoms with van der Waals surface area (Å²) in [4.78, 5) is 0. The van der Waals surface area contributed by atoms with E-state index in [0.717, 1.165) is 11.3 Å². The predicted molar refractivity (Wildman–Crippen MR) is 77.2 cm³/mol. The first-order valence-corrected chi connectivity index (χ1v) is 8.68. The molecule has 0 bridgehead atoms. The third kappa shape index (κ3) is 3.90. The van der Waals surface area contributed by atoms with E-state index in [9.17, 15) is 8.42 Å². The van der Waals surface area contributed by atoms with Crippen LogP contribution in [-0.4, -0.2) is 25.5 Å². The SMILES string of the molecule is CC1SCCC1Nc1ccc(CS(N)(=O)=O)cc1. The molecule has 6 heteroatoms. The number of nitrogens with two attached hydrogens (primary N) is 1. The first kappa shape index (κ1) is 13.7. The van der Waals surface area contributed by atoms with Crippen molar-refractivity contribution in [1.29, 1.82) is 0 Å². The van der Waals surface area contributed by atoms with Gasteiger partial charge in [0.2, 0.25) is 10.0 Å². The molecular weight excluding hydrogens is 268 g/mol. The Morgan fingerprint density at radius 3 is 2.56 bits per heavy atom. The van der Waals surface area contributed by atoms with Gasteiger partial charge in [0.1, 0.15) is 0 Å². The van der Waals surface area contributed by atoms with Crippen LogP contribution in [0.5, 0.6) is 0 Å². The molecule has 1 saturated heterocycles. The molecule has 1 heterocycles. The molecule has 1 aromatic rings. The summed E-state index contributed by atoms with van der Waals surface area (Å²) in [6.45, 7) is 2.23. The zero-order valence-corrected chi connectivity index (χ0v) is 11.9. The average molecular weight is 286 g/mol. The van der Waals surface area contributed by atoms with E-state index >= 15 is 0 Å². The Balaban J connectivity index is 1.99. The lowest BCUT2D eigenvalue weighted by atomic mass is 10.1. The van der Waals surface area contributed by atoms with E-state index in [2.05, 4.69) is 12.2 Å². The quantitative estimate of drug-likeness (QED) is 0.885. The predicted octanol–water partition coefficient (Wildman–Crippen LogP) is 1.78. The van der Waals surface area contributed by atoms with Crippen molar-refractivity contribution in [1.82, 2.24) is 0 Å². The first-order chi connectivity index (χ1) is 8.44. The Bertz CT molecular complexity index is 499. The van der Waals surface area contributed by atoms with Crippen molar-refractivity contribution in [2.24, 2.45) is 5.14 Å². The van der Waals surface area contributed by atoms with E-state index in [-0.39, 0.29) is 5.75 Å². The Labute approximate surface area is 112 Å². The van der Waals surface area contributed by atoms with Gasteiger partial charge in [0.15, 0.2) is 0 Å². The topological polar surface area (TPSA) is 72.2 Å². The summed E-state index contributed by atoms with van der Waals surface area (Å²) in [5.41, 5.74) is 1.75. The van der Waals surface area contributed by atoms with Crippen LogP contribution in [0.2, 0.25) is 0 Å². The van der Waals surface area contributed by atoms with Gasteiger partial charge in [0.25, 0.3) is 0 Å². The number of benzene rings is 1. The minimum atomic E-state index is -3.44. The Hall–Kier alpha value is -0.720. The van der Waals surface area contributed by atoms with Crippen LogP contribution in [0.3, 0.4) is 0 Å². The van der Waals surface area contributed by atoms with Crippen molar-refractivity contribution in [3.8, 4) is 0 Å². The molecule has 0 radical (unpaired) electrons. The molecule has 2 rings (SSSR count). The molecule has 1 aliphatic rings. The molecule has 100 valence electrons. The molecule has 1 aromatic carbocycles. The molecule has 1 fully saturated rings.